The minimum absolute atomic E-state index is 0.210. The molecule has 4 nitrogen and oxygen atoms in total. The Bertz CT molecular complexity index is 852. The maximum atomic E-state index is 12.6. The van der Waals surface area contributed by atoms with Crippen molar-refractivity contribution in [2.24, 2.45) is 0 Å². The Labute approximate surface area is 180 Å². The van der Waals surface area contributed by atoms with Gasteiger partial charge in [0.25, 0.3) is 5.91 Å². The second-order valence-electron chi connectivity index (χ2n) is 8.00. The Balaban J connectivity index is 1.65. The molecule has 1 aliphatic rings. The van der Waals surface area contributed by atoms with Crippen LogP contribution >= 0.6 is 0 Å². The summed E-state index contributed by atoms with van der Waals surface area (Å²) in [5.41, 5.74) is 3.86. The highest BCUT2D eigenvalue weighted by molar-refractivity contribution is 5.99. The number of hydrogen-bond donors (Lipinski definition) is 1. The highest BCUT2D eigenvalue weighted by Crippen LogP contribution is 2.16. The number of likely N-dealkylation sites (tertiary alicyclic amines) is 1. The molecule has 0 saturated carbocycles. The summed E-state index contributed by atoms with van der Waals surface area (Å²) in [4.78, 5) is 26.3. The smallest absolute Gasteiger partial charge is 0.252 e. The predicted molar refractivity (Wildman–Crippen MR) is 123 cm³/mol. The average Bonchev–Trinajstić information content (AvgIpc) is 2.79. The van der Waals surface area contributed by atoms with Crippen molar-refractivity contribution < 1.29 is 9.59 Å². The first-order valence-electron chi connectivity index (χ1n) is 11.0. The fourth-order valence-electron chi connectivity index (χ4n) is 3.88. The van der Waals surface area contributed by atoms with Crippen LogP contribution in [0.15, 0.2) is 48.5 Å². The Morgan fingerprint density at radius 3 is 2.47 bits per heavy atom. The molecule has 0 bridgehead atoms. The summed E-state index contributed by atoms with van der Waals surface area (Å²) in [6.45, 7) is 5.41. The fraction of sp³-hybridized carbons (Fsp3) is 0.385. The fourth-order valence-corrected chi connectivity index (χ4v) is 3.88. The molecular weight excluding hydrogens is 372 g/mol. The minimum atomic E-state index is -0.438. The molecule has 0 aliphatic carbocycles. The third-order valence-corrected chi connectivity index (χ3v) is 5.58. The number of piperidine rings is 1. The number of amides is 1. The highest BCUT2D eigenvalue weighted by Gasteiger charge is 2.14. The van der Waals surface area contributed by atoms with Crippen LogP contribution < -0.4 is 5.32 Å². The molecule has 0 spiro atoms. The van der Waals surface area contributed by atoms with Gasteiger partial charge in [-0.05, 0) is 55.1 Å². The zero-order chi connectivity index (χ0) is 21.2. The van der Waals surface area contributed by atoms with Gasteiger partial charge >= 0.3 is 0 Å². The van der Waals surface area contributed by atoms with Crippen molar-refractivity contribution in [1.82, 2.24) is 10.2 Å². The standard InChI is InChI=1S/C26H32N2O2/c1-2-8-24(20-29)27-26(30)25-10-5-4-9-23(25)16-15-21-11-13-22(14-12-21)19-28-17-6-3-7-18-28/h4-5,9-16,20,24H,2-3,6-8,17-19H2,1H3,(H,27,30)/b16-15+. The zero-order valence-electron chi connectivity index (χ0n) is 17.8. The van der Waals surface area contributed by atoms with Gasteiger partial charge in [-0.2, -0.15) is 0 Å². The molecule has 30 heavy (non-hydrogen) atoms. The van der Waals surface area contributed by atoms with Crippen LogP contribution in [-0.2, 0) is 11.3 Å². The molecule has 1 atom stereocenters. The van der Waals surface area contributed by atoms with E-state index in [9.17, 15) is 9.59 Å². The van der Waals surface area contributed by atoms with Gasteiger partial charge in [0.1, 0.15) is 6.29 Å². The summed E-state index contributed by atoms with van der Waals surface area (Å²) in [7, 11) is 0. The molecule has 158 valence electrons. The number of nitrogens with one attached hydrogen (secondary N) is 1. The molecule has 0 radical (unpaired) electrons. The van der Waals surface area contributed by atoms with Crippen LogP contribution in [0.3, 0.4) is 0 Å². The van der Waals surface area contributed by atoms with Gasteiger partial charge in [-0.1, -0.05) is 74.4 Å². The second-order valence-corrected chi connectivity index (χ2v) is 8.00. The molecule has 1 unspecified atom stereocenters. The van der Waals surface area contributed by atoms with Crippen molar-refractivity contribution >= 4 is 24.3 Å². The molecule has 0 aromatic heterocycles. The molecule has 1 saturated heterocycles. The van der Waals surface area contributed by atoms with Gasteiger partial charge < -0.3 is 10.1 Å². The van der Waals surface area contributed by atoms with E-state index >= 15 is 0 Å². The van der Waals surface area contributed by atoms with E-state index in [1.54, 1.807) is 6.07 Å². The lowest BCUT2D eigenvalue weighted by atomic mass is 10.0. The lowest BCUT2D eigenvalue weighted by molar-refractivity contribution is -0.109. The topological polar surface area (TPSA) is 49.4 Å². The average molecular weight is 405 g/mol. The molecule has 1 N–H and O–H groups in total. The maximum absolute atomic E-state index is 12.6. The van der Waals surface area contributed by atoms with E-state index in [4.69, 9.17) is 0 Å². The first-order valence-corrected chi connectivity index (χ1v) is 11.0. The van der Waals surface area contributed by atoms with Gasteiger partial charge in [0.2, 0.25) is 0 Å². The van der Waals surface area contributed by atoms with Crippen molar-refractivity contribution in [3.8, 4) is 0 Å². The first-order chi connectivity index (χ1) is 14.7. The van der Waals surface area contributed by atoms with Crippen molar-refractivity contribution in [3.05, 3.63) is 70.8 Å². The number of benzene rings is 2. The van der Waals surface area contributed by atoms with Gasteiger partial charge in [-0.25, -0.2) is 0 Å². The van der Waals surface area contributed by atoms with Gasteiger partial charge in [-0.15, -0.1) is 0 Å². The summed E-state index contributed by atoms with van der Waals surface area (Å²) in [5, 5.41) is 2.82. The lowest BCUT2D eigenvalue weighted by Crippen LogP contribution is -2.36. The maximum Gasteiger partial charge on any atom is 0.252 e. The largest absolute Gasteiger partial charge is 0.343 e. The second kappa shape index (κ2) is 11.5. The lowest BCUT2D eigenvalue weighted by Gasteiger charge is -2.26. The SMILES string of the molecule is CCCC(C=O)NC(=O)c1ccccc1/C=C/c1ccc(CN2CCCCC2)cc1. The quantitative estimate of drug-likeness (QED) is 0.476. The number of aldehydes is 1. The summed E-state index contributed by atoms with van der Waals surface area (Å²) in [5.74, 6) is -0.210. The number of hydrogen-bond acceptors (Lipinski definition) is 3. The van der Waals surface area contributed by atoms with Crippen molar-refractivity contribution in [3.63, 3.8) is 0 Å². The number of carbonyl (C=O) groups is 2. The normalized spacial score (nSPS) is 15.8. The third-order valence-electron chi connectivity index (χ3n) is 5.58. The van der Waals surface area contributed by atoms with Crippen LogP contribution in [0, 0.1) is 0 Å². The van der Waals surface area contributed by atoms with E-state index in [2.05, 4.69) is 34.5 Å². The van der Waals surface area contributed by atoms with Crippen molar-refractivity contribution in [2.75, 3.05) is 13.1 Å². The van der Waals surface area contributed by atoms with Crippen LogP contribution in [-0.4, -0.2) is 36.2 Å². The highest BCUT2D eigenvalue weighted by atomic mass is 16.2. The monoisotopic (exact) mass is 404 g/mol. The molecule has 1 fully saturated rings. The molecular formula is C26H32N2O2. The van der Waals surface area contributed by atoms with Crippen LogP contribution in [0.1, 0.15) is 66.1 Å². The number of nitrogens with zero attached hydrogens (tertiary/aromatic N) is 1. The molecule has 4 heteroatoms. The Hall–Kier alpha value is -2.72. The van der Waals surface area contributed by atoms with E-state index in [0.717, 1.165) is 30.4 Å². The Morgan fingerprint density at radius 2 is 1.77 bits per heavy atom. The summed E-state index contributed by atoms with van der Waals surface area (Å²) >= 11 is 0. The van der Waals surface area contributed by atoms with E-state index in [1.807, 2.05) is 37.3 Å². The van der Waals surface area contributed by atoms with Gasteiger partial charge in [0.05, 0.1) is 6.04 Å². The van der Waals surface area contributed by atoms with E-state index in [0.29, 0.717) is 12.0 Å². The van der Waals surface area contributed by atoms with Gasteiger partial charge in [0, 0.05) is 12.1 Å². The summed E-state index contributed by atoms with van der Waals surface area (Å²) < 4.78 is 0. The van der Waals surface area contributed by atoms with Crippen molar-refractivity contribution in [1.29, 1.82) is 0 Å². The van der Waals surface area contributed by atoms with Crippen LogP contribution in [0.4, 0.5) is 0 Å². The van der Waals surface area contributed by atoms with Crippen molar-refractivity contribution in [2.45, 2.75) is 51.6 Å². The van der Waals surface area contributed by atoms with Gasteiger partial charge in [-0.3, -0.25) is 9.69 Å². The van der Waals surface area contributed by atoms with Crippen LogP contribution in [0.5, 0.6) is 0 Å². The summed E-state index contributed by atoms with van der Waals surface area (Å²) in [6.07, 6.45) is 10.3. The van der Waals surface area contributed by atoms with E-state index in [1.165, 1.54) is 37.9 Å². The number of rotatable bonds is 9. The van der Waals surface area contributed by atoms with Crippen LogP contribution in [0.2, 0.25) is 0 Å². The van der Waals surface area contributed by atoms with E-state index in [-0.39, 0.29) is 5.91 Å². The molecule has 1 aliphatic heterocycles. The van der Waals surface area contributed by atoms with E-state index < -0.39 is 6.04 Å². The molecule has 3 rings (SSSR count). The predicted octanol–water partition coefficient (Wildman–Crippen LogP) is 4.94. The Morgan fingerprint density at radius 1 is 1.03 bits per heavy atom. The summed E-state index contributed by atoms with van der Waals surface area (Å²) in [6, 6.07) is 15.7. The van der Waals surface area contributed by atoms with Gasteiger partial charge in [0.15, 0.2) is 0 Å². The molecule has 1 amide bonds. The first kappa shape index (κ1) is 22.0. The molecule has 2 aromatic rings. The Kier molecular flexibility index (Phi) is 8.40. The van der Waals surface area contributed by atoms with Crippen LogP contribution in [0.25, 0.3) is 12.2 Å². The third kappa shape index (κ3) is 6.39. The minimum Gasteiger partial charge on any atom is -0.343 e. The molecule has 1 heterocycles. The zero-order valence-corrected chi connectivity index (χ0v) is 17.8. The molecule has 2 aromatic carbocycles. The number of carbonyl (C=O) groups excluding carboxylic acids is 2.